The SMILES string of the molecule is C=C(Nc1cn[nH]c1C(=C)Nc1ccc(N(CCC)CCC)nc1)c1cncc(F)c1.CC. The number of anilines is 3. The molecule has 0 unspecified atom stereocenters. The molecular formula is C25H34FN7. The van der Waals surface area contributed by atoms with Crippen LogP contribution in [0.4, 0.5) is 21.6 Å². The van der Waals surface area contributed by atoms with Gasteiger partial charge in [-0.25, -0.2) is 9.37 Å². The lowest BCUT2D eigenvalue weighted by Gasteiger charge is -2.22. The summed E-state index contributed by atoms with van der Waals surface area (Å²) in [6.07, 6.45) is 8.25. The van der Waals surface area contributed by atoms with E-state index in [1.807, 2.05) is 26.0 Å². The number of aromatic nitrogens is 4. The van der Waals surface area contributed by atoms with Crippen molar-refractivity contribution < 1.29 is 4.39 Å². The minimum Gasteiger partial charge on any atom is -0.357 e. The Kier molecular flexibility index (Phi) is 10.1. The van der Waals surface area contributed by atoms with Crippen molar-refractivity contribution in [3.05, 3.63) is 73.2 Å². The maximum absolute atomic E-state index is 13.4. The smallest absolute Gasteiger partial charge is 0.142 e. The van der Waals surface area contributed by atoms with E-state index < -0.39 is 5.82 Å². The van der Waals surface area contributed by atoms with E-state index in [4.69, 9.17) is 0 Å². The fourth-order valence-electron chi connectivity index (χ4n) is 3.19. The zero-order valence-corrected chi connectivity index (χ0v) is 20.0. The monoisotopic (exact) mass is 451 g/mol. The average molecular weight is 452 g/mol. The van der Waals surface area contributed by atoms with E-state index in [0.29, 0.717) is 28.3 Å². The molecule has 0 aliphatic carbocycles. The summed E-state index contributed by atoms with van der Waals surface area (Å²) in [5, 5.41) is 13.4. The van der Waals surface area contributed by atoms with Gasteiger partial charge in [-0.05, 0) is 31.0 Å². The molecule has 0 spiro atoms. The Morgan fingerprint density at radius 1 is 1.00 bits per heavy atom. The Hall–Kier alpha value is -3.68. The van der Waals surface area contributed by atoms with E-state index in [1.54, 1.807) is 18.6 Å². The molecule has 0 aromatic carbocycles. The first-order valence-electron chi connectivity index (χ1n) is 11.3. The second-order valence-corrected chi connectivity index (χ2v) is 7.15. The van der Waals surface area contributed by atoms with Gasteiger partial charge in [0.25, 0.3) is 0 Å². The molecule has 0 bridgehead atoms. The number of hydrogen-bond acceptors (Lipinski definition) is 6. The van der Waals surface area contributed by atoms with Crippen molar-refractivity contribution in [1.82, 2.24) is 20.2 Å². The molecule has 0 saturated heterocycles. The van der Waals surface area contributed by atoms with Crippen molar-refractivity contribution in [3.63, 3.8) is 0 Å². The second-order valence-electron chi connectivity index (χ2n) is 7.15. The van der Waals surface area contributed by atoms with Gasteiger partial charge < -0.3 is 15.5 Å². The van der Waals surface area contributed by atoms with Crippen molar-refractivity contribution in [2.24, 2.45) is 0 Å². The normalized spacial score (nSPS) is 10.1. The summed E-state index contributed by atoms with van der Waals surface area (Å²) in [4.78, 5) is 10.7. The predicted molar refractivity (Wildman–Crippen MR) is 136 cm³/mol. The third-order valence-corrected chi connectivity index (χ3v) is 4.63. The number of rotatable bonds is 11. The maximum Gasteiger partial charge on any atom is 0.142 e. The van der Waals surface area contributed by atoms with E-state index in [0.717, 1.165) is 43.6 Å². The highest BCUT2D eigenvalue weighted by Gasteiger charge is 2.12. The van der Waals surface area contributed by atoms with Crippen LogP contribution in [0.15, 0.2) is 56.1 Å². The number of halogens is 1. The number of hydrogen-bond donors (Lipinski definition) is 3. The van der Waals surface area contributed by atoms with Gasteiger partial charge in [-0.1, -0.05) is 40.9 Å². The topological polar surface area (TPSA) is 81.8 Å². The molecule has 0 fully saturated rings. The van der Waals surface area contributed by atoms with Crippen molar-refractivity contribution in [2.45, 2.75) is 40.5 Å². The molecule has 0 saturated carbocycles. The molecule has 33 heavy (non-hydrogen) atoms. The fourth-order valence-corrected chi connectivity index (χ4v) is 3.19. The summed E-state index contributed by atoms with van der Waals surface area (Å²) in [5.74, 6) is 0.537. The second kappa shape index (κ2) is 13.0. The van der Waals surface area contributed by atoms with Crippen LogP contribution in [0.2, 0.25) is 0 Å². The Morgan fingerprint density at radius 2 is 1.73 bits per heavy atom. The molecule has 3 N–H and O–H groups in total. The maximum atomic E-state index is 13.4. The minimum absolute atomic E-state index is 0.425. The molecule has 0 aliphatic heterocycles. The highest BCUT2D eigenvalue weighted by molar-refractivity contribution is 5.84. The van der Waals surface area contributed by atoms with Gasteiger partial charge in [0.2, 0.25) is 0 Å². The van der Waals surface area contributed by atoms with E-state index in [9.17, 15) is 4.39 Å². The molecule has 7 nitrogen and oxygen atoms in total. The molecule has 0 aliphatic rings. The summed E-state index contributed by atoms with van der Waals surface area (Å²) in [6, 6.07) is 5.35. The summed E-state index contributed by atoms with van der Waals surface area (Å²) >= 11 is 0. The first-order valence-corrected chi connectivity index (χ1v) is 11.3. The van der Waals surface area contributed by atoms with Crippen LogP contribution in [0.5, 0.6) is 0 Å². The van der Waals surface area contributed by atoms with Crippen LogP contribution in [-0.2, 0) is 0 Å². The molecule has 0 radical (unpaired) electrons. The third kappa shape index (κ3) is 7.17. The fraction of sp³-hybridized carbons (Fsp3) is 0.320. The largest absolute Gasteiger partial charge is 0.357 e. The highest BCUT2D eigenvalue weighted by atomic mass is 19.1. The van der Waals surface area contributed by atoms with Crippen LogP contribution >= 0.6 is 0 Å². The van der Waals surface area contributed by atoms with Gasteiger partial charge in [0.15, 0.2) is 0 Å². The molecule has 0 amide bonds. The highest BCUT2D eigenvalue weighted by Crippen LogP contribution is 2.25. The van der Waals surface area contributed by atoms with Gasteiger partial charge in [-0.15, -0.1) is 0 Å². The van der Waals surface area contributed by atoms with Crippen LogP contribution in [0.1, 0.15) is 51.8 Å². The number of nitrogens with one attached hydrogen (secondary N) is 3. The summed E-state index contributed by atoms with van der Waals surface area (Å²) in [7, 11) is 0. The molecular weight excluding hydrogens is 417 g/mol. The van der Waals surface area contributed by atoms with E-state index >= 15 is 0 Å². The van der Waals surface area contributed by atoms with Gasteiger partial charge in [-0.3, -0.25) is 10.1 Å². The molecule has 8 heteroatoms. The van der Waals surface area contributed by atoms with Gasteiger partial charge >= 0.3 is 0 Å². The van der Waals surface area contributed by atoms with Gasteiger partial charge in [0.1, 0.15) is 17.3 Å². The zero-order valence-electron chi connectivity index (χ0n) is 20.0. The lowest BCUT2D eigenvalue weighted by atomic mass is 10.2. The molecule has 3 heterocycles. The van der Waals surface area contributed by atoms with Crippen molar-refractivity contribution in [2.75, 3.05) is 28.6 Å². The van der Waals surface area contributed by atoms with E-state index in [1.165, 1.54) is 6.07 Å². The Balaban J connectivity index is 0.00000187. The van der Waals surface area contributed by atoms with Crippen LogP contribution < -0.4 is 15.5 Å². The molecule has 0 atom stereocenters. The summed E-state index contributed by atoms with van der Waals surface area (Å²) in [5.41, 5.74) is 3.80. The van der Waals surface area contributed by atoms with Crippen LogP contribution in [0.3, 0.4) is 0 Å². The molecule has 3 rings (SSSR count). The summed E-state index contributed by atoms with van der Waals surface area (Å²) < 4.78 is 13.4. The van der Waals surface area contributed by atoms with Gasteiger partial charge in [0, 0.05) is 30.5 Å². The van der Waals surface area contributed by atoms with Crippen LogP contribution in [-0.4, -0.2) is 33.3 Å². The van der Waals surface area contributed by atoms with Gasteiger partial charge in [-0.2, -0.15) is 5.10 Å². The number of nitrogens with zero attached hydrogens (tertiary/aromatic N) is 4. The Morgan fingerprint density at radius 3 is 2.33 bits per heavy atom. The van der Waals surface area contributed by atoms with E-state index in [-0.39, 0.29) is 0 Å². The lowest BCUT2D eigenvalue weighted by Crippen LogP contribution is -2.25. The Labute approximate surface area is 195 Å². The summed E-state index contributed by atoms with van der Waals surface area (Å²) in [6.45, 7) is 18.3. The van der Waals surface area contributed by atoms with Crippen molar-refractivity contribution in [1.29, 1.82) is 0 Å². The average Bonchev–Trinajstić information content (AvgIpc) is 3.29. The van der Waals surface area contributed by atoms with Crippen molar-refractivity contribution in [3.8, 4) is 0 Å². The number of H-pyrrole nitrogens is 1. The Bertz CT molecular complexity index is 1020. The van der Waals surface area contributed by atoms with Crippen molar-refractivity contribution >= 4 is 28.6 Å². The van der Waals surface area contributed by atoms with Gasteiger partial charge in [0.05, 0.1) is 35.7 Å². The number of aromatic amines is 1. The molecule has 176 valence electrons. The quantitative estimate of drug-likeness (QED) is 0.324. The first-order chi connectivity index (χ1) is 16.0. The third-order valence-electron chi connectivity index (χ3n) is 4.63. The standard InChI is InChI=1S/C23H28FN7.C2H6/c1-5-9-31(10-6-2)22-8-7-20(14-26-22)28-17(4)23-21(15-27-30-23)29-16(3)18-11-19(24)13-25-12-18;1-2/h7-8,11-15,28-29H,3-6,9-10H2,1-2H3,(H,27,30);1-2H3. The van der Waals surface area contributed by atoms with Crippen LogP contribution in [0, 0.1) is 5.82 Å². The zero-order chi connectivity index (χ0) is 24.2. The van der Waals surface area contributed by atoms with Crippen LogP contribution in [0.25, 0.3) is 11.4 Å². The van der Waals surface area contributed by atoms with E-state index in [2.05, 4.69) is 62.7 Å². The predicted octanol–water partition coefficient (Wildman–Crippen LogP) is 6.16. The molecule has 3 aromatic heterocycles. The first kappa shape index (κ1) is 25.6. The number of pyridine rings is 2. The molecule has 3 aromatic rings. The lowest BCUT2D eigenvalue weighted by molar-refractivity contribution is 0.621. The minimum atomic E-state index is -0.425.